The first kappa shape index (κ1) is 20.2. The maximum Gasteiger partial charge on any atom is 0.341 e. The number of nitrogens with two attached hydrogens (primary N) is 1. The molecule has 0 fully saturated rings. The molecule has 0 aliphatic rings. The largest absolute Gasteiger partial charge is 0.487 e. The number of nitrogen functional groups attached to an aromatic ring is 1. The molecule has 0 saturated heterocycles. The highest BCUT2D eigenvalue weighted by Crippen LogP contribution is 2.34. The zero-order valence-corrected chi connectivity index (χ0v) is 17.3. The average Bonchev–Trinajstić information content (AvgIpc) is 2.52. The Bertz CT molecular complexity index is 816. The van der Waals surface area contributed by atoms with Crippen molar-refractivity contribution < 1.29 is 14.3 Å². The average molecular weight is 422 g/mol. The van der Waals surface area contributed by atoms with Gasteiger partial charge in [0.2, 0.25) is 5.95 Å². The zero-order chi connectivity index (χ0) is 19.5. The number of halogens is 1. The third-order valence-electron chi connectivity index (χ3n) is 3.78. The second-order valence-electron chi connectivity index (χ2n) is 6.89. The van der Waals surface area contributed by atoms with Crippen LogP contribution in [0.1, 0.15) is 55.0 Å². The Hall–Kier alpha value is -2.15. The van der Waals surface area contributed by atoms with Crippen molar-refractivity contribution in [1.29, 1.82) is 0 Å². The molecule has 2 aromatic rings. The van der Waals surface area contributed by atoms with Crippen LogP contribution in [0.4, 0.5) is 5.95 Å². The van der Waals surface area contributed by atoms with E-state index in [0.717, 1.165) is 15.8 Å². The number of esters is 1. The van der Waals surface area contributed by atoms with E-state index in [-0.39, 0.29) is 24.6 Å². The Morgan fingerprint density at radius 2 is 1.96 bits per heavy atom. The SMILES string of the molecule is CCOC(=O)c1c(C)nc(N)nc1COc1ccc(Br)cc1C(C)(C)C. The van der Waals surface area contributed by atoms with Crippen molar-refractivity contribution >= 4 is 27.8 Å². The van der Waals surface area contributed by atoms with Crippen LogP contribution in [-0.4, -0.2) is 22.5 Å². The summed E-state index contributed by atoms with van der Waals surface area (Å²) in [6.45, 7) is 10.1. The van der Waals surface area contributed by atoms with Crippen LogP contribution in [0.15, 0.2) is 22.7 Å². The van der Waals surface area contributed by atoms with E-state index in [1.165, 1.54) is 0 Å². The summed E-state index contributed by atoms with van der Waals surface area (Å²) < 4.78 is 12.1. The Morgan fingerprint density at radius 3 is 2.58 bits per heavy atom. The summed E-state index contributed by atoms with van der Waals surface area (Å²) in [6, 6.07) is 5.84. The fraction of sp³-hybridized carbons (Fsp3) is 0.421. The van der Waals surface area contributed by atoms with E-state index in [1.807, 2.05) is 18.2 Å². The van der Waals surface area contributed by atoms with E-state index in [2.05, 4.69) is 46.7 Å². The highest BCUT2D eigenvalue weighted by atomic mass is 79.9. The molecule has 1 aromatic heterocycles. The van der Waals surface area contributed by atoms with Gasteiger partial charge >= 0.3 is 5.97 Å². The molecule has 0 saturated carbocycles. The van der Waals surface area contributed by atoms with Gasteiger partial charge in [-0.15, -0.1) is 0 Å². The topological polar surface area (TPSA) is 87.3 Å². The van der Waals surface area contributed by atoms with Crippen LogP contribution >= 0.6 is 15.9 Å². The lowest BCUT2D eigenvalue weighted by molar-refractivity contribution is 0.0521. The number of hydrogen-bond acceptors (Lipinski definition) is 6. The molecular formula is C19H24BrN3O3. The summed E-state index contributed by atoms with van der Waals surface area (Å²) in [5.41, 5.74) is 7.88. The maximum atomic E-state index is 12.3. The Labute approximate surface area is 162 Å². The molecular weight excluding hydrogens is 398 g/mol. The van der Waals surface area contributed by atoms with Crippen molar-refractivity contribution in [3.63, 3.8) is 0 Å². The number of aryl methyl sites for hydroxylation is 1. The number of nitrogens with zero attached hydrogens (tertiary/aromatic N) is 2. The molecule has 0 aliphatic heterocycles. The highest BCUT2D eigenvalue weighted by Gasteiger charge is 2.22. The lowest BCUT2D eigenvalue weighted by Crippen LogP contribution is -2.18. The van der Waals surface area contributed by atoms with Gasteiger partial charge in [-0.25, -0.2) is 14.8 Å². The molecule has 1 heterocycles. The minimum Gasteiger partial charge on any atom is -0.487 e. The van der Waals surface area contributed by atoms with Crippen LogP contribution in [0.3, 0.4) is 0 Å². The van der Waals surface area contributed by atoms with Crippen molar-refractivity contribution in [2.75, 3.05) is 12.3 Å². The number of benzene rings is 1. The summed E-state index contributed by atoms with van der Waals surface area (Å²) >= 11 is 3.50. The molecule has 0 bridgehead atoms. The molecule has 0 aliphatic carbocycles. The van der Waals surface area contributed by atoms with Crippen LogP contribution in [0.2, 0.25) is 0 Å². The highest BCUT2D eigenvalue weighted by molar-refractivity contribution is 9.10. The zero-order valence-electron chi connectivity index (χ0n) is 15.7. The molecule has 2 rings (SSSR count). The molecule has 26 heavy (non-hydrogen) atoms. The van der Waals surface area contributed by atoms with E-state index in [4.69, 9.17) is 15.2 Å². The summed E-state index contributed by atoms with van der Waals surface area (Å²) in [4.78, 5) is 20.5. The van der Waals surface area contributed by atoms with E-state index in [9.17, 15) is 4.79 Å². The number of rotatable bonds is 5. The molecule has 0 radical (unpaired) electrons. The normalized spacial score (nSPS) is 11.3. The van der Waals surface area contributed by atoms with Gasteiger partial charge in [0.1, 0.15) is 17.9 Å². The van der Waals surface area contributed by atoms with Crippen molar-refractivity contribution in [2.24, 2.45) is 0 Å². The van der Waals surface area contributed by atoms with Crippen molar-refractivity contribution in [1.82, 2.24) is 9.97 Å². The number of aromatic nitrogens is 2. The molecule has 0 atom stereocenters. The van der Waals surface area contributed by atoms with Crippen LogP contribution in [0.5, 0.6) is 5.75 Å². The predicted octanol–water partition coefficient (Wildman–Crippen LogP) is 4.18. The fourth-order valence-electron chi connectivity index (χ4n) is 2.59. The monoisotopic (exact) mass is 421 g/mol. The van der Waals surface area contributed by atoms with Gasteiger partial charge < -0.3 is 15.2 Å². The van der Waals surface area contributed by atoms with Crippen molar-refractivity contribution in [3.05, 3.63) is 45.2 Å². The summed E-state index contributed by atoms with van der Waals surface area (Å²) in [6.07, 6.45) is 0. The van der Waals surface area contributed by atoms with E-state index in [1.54, 1.807) is 13.8 Å². The summed E-state index contributed by atoms with van der Waals surface area (Å²) in [5.74, 6) is 0.349. The van der Waals surface area contributed by atoms with Gasteiger partial charge in [0.25, 0.3) is 0 Å². The minimum absolute atomic E-state index is 0.0897. The number of carbonyl (C=O) groups is 1. The lowest BCUT2D eigenvalue weighted by Gasteiger charge is -2.23. The van der Waals surface area contributed by atoms with Gasteiger partial charge in [0, 0.05) is 10.0 Å². The van der Waals surface area contributed by atoms with Crippen molar-refractivity contribution in [2.45, 2.75) is 46.6 Å². The standard InChI is InChI=1S/C19H24BrN3O3/c1-6-25-17(24)16-11(2)22-18(21)23-14(16)10-26-15-8-7-12(20)9-13(15)19(3,4)5/h7-9H,6,10H2,1-5H3,(H2,21,22,23). The second-order valence-corrected chi connectivity index (χ2v) is 7.80. The fourth-order valence-corrected chi connectivity index (χ4v) is 2.95. The Kier molecular flexibility index (Phi) is 6.23. The van der Waals surface area contributed by atoms with Gasteiger partial charge in [-0.2, -0.15) is 0 Å². The Balaban J connectivity index is 2.38. The molecule has 6 nitrogen and oxygen atoms in total. The summed E-state index contributed by atoms with van der Waals surface area (Å²) in [5, 5.41) is 0. The van der Waals surface area contributed by atoms with Gasteiger partial charge in [-0.1, -0.05) is 36.7 Å². The Morgan fingerprint density at radius 1 is 1.27 bits per heavy atom. The lowest BCUT2D eigenvalue weighted by atomic mass is 9.86. The van der Waals surface area contributed by atoms with Gasteiger partial charge in [0.15, 0.2) is 0 Å². The molecule has 0 spiro atoms. The first-order valence-corrected chi connectivity index (χ1v) is 9.15. The third-order valence-corrected chi connectivity index (χ3v) is 4.27. The molecule has 0 amide bonds. The van der Waals surface area contributed by atoms with Crippen LogP contribution < -0.4 is 10.5 Å². The first-order valence-electron chi connectivity index (χ1n) is 8.36. The smallest absolute Gasteiger partial charge is 0.341 e. The van der Waals surface area contributed by atoms with Crippen LogP contribution in [-0.2, 0) is 16.8 Å². The maximum absolute atomic E-state index is 12.3. The number of hydrogen-bond donors (Lipinski definition) is 1. The van der Waals surface area contributed by atoms with Gasteiger partial charge in [-0.3, -0.25) is 0 Å². The number of carbonyl (C=O) groups excluding carboxylic acids is 1. The molecule has 2 N–H and O–H groups in total. The van der Waals surface area contributed by atoms with Crippen LogP contribution in [0.25, 0.3) is 0 Å². The summed E-state index contributed by atoms with van der Waals surface area (Å²) in [7, 11) is 0. The molecule has 0 unspecified atom stereocenters. The molecule has 7 heteroatoms. The van der Waals surface area contributed by atoms with Crippen molar-refractivity contribution in [3.8, 4) is 5.75 Å². The molecule has 140 valence electrons. The predicted molar refractivity (Wildman–Crippen MR) is 104 cm³/mol. The van der Waals surface area contributed by atoms with E-state index < -0.39 is 5.97 Å². The van der Waals surface area contributed by atoms with E-state index in [0.29, 0.717) is 17.0 Å². The van der Waals surface area contributed by atoms with E-state index >= 15 is 0 Å². The second kappa shape index (κ2) is 8.03. The quantitative estimate of drug-likeness (QED) is 0.728. The first-order chi connectivity index (χ1) is 12.1. The molecule has 1 aromatic carbocycles. The van der Waals surface area contributed by atoms with Crippen LogP contribution in [0, 0.1) is 6.92 Å². The number of anilines is 1. The van der Waals surface area contributed by atoms with Gasteiger partial charge in [-0.05, 0) is 37.5 Å². The minimum atomic E-state index is -0.476. The third kappa shape index (κ3) is 4.72. The van der Waals surface area contributed by atoms with Gasteiger partial charge in [0.05, 0.1) is 18.0 Å². The number of ether oxygens (including phenoxy) is 2.